The molecule has 0 aliphatic heterocycles. The maximum absolute atomic E-state index is 13.0. The molecule has 0 aliphatic carbocycles. The van der Waals surface area contributed by atoms with E-state index in [1.165, 1.54) is 18.2 Å². The highest BCUT2D eigenvalue weighted by atomic mass is 19.1. The molecule has 5 nitrogen and oxygen atoms in total. The zero-order valence-electron chi connectivity index (χ0n) is 10.6. The average molecular weight is 274 g/mol. The summed E-state index contributed by atoms with van der Waals surface area (Å²) in [5.41, 5.74) is 0.538. The summed E-state index contributed by atoms with van der Waals surface area (Å²) in [5.74, 6) is -2.59. The van der Waals surface area contributed by atoms with Gasteiger partial charge in [0.15, 0.2) is 0 Å². The number of carbonyl (C=O) groups is 2. The molecule has 6 heteroatoms. The molecule has 0 saturated carbocycles. The zero-order chi connectivity index (χ0) is 14.7. The summed E-state index contributed by atoms with van der Waals surface area (Å²) in [6.07, 6.45) is 0. The van der Waals surface area contributed by atoms with E-state index in [1.807, 2.05) is 0 Å². The van der Waals surface area contributed by atoms with Crippen LogP contribution in [0.5, 0.6) is 0 Å². The van der Waals surface area contributed by atoms with Crippen molar-refractivity contribution in [2.45, 2.75) is 6.92 Å². The zero-order valence-corrected chi connectivity index (χ0v) is 10.6. The third-order valence-electron chi connectivity index (χ3n) is 2.68. The van der Waals surface area contributed by atoms with E-state index in [1.54, 1.807) is 19.1 Å². The molecule has 1 heterocycles. The molecule has 1 amide bonds. The summed E-state index contributed by atoms with van der Waals surface area (Å²) in [7, 11) is 0. The maximum atomic E-state index is 13.0. The van der Waals surface area contributed by atoms with Gasteiger partial charge in [0.05, 0.1) is 11.3 Å². The third kappa shape index (κ3) is 2.80. The van der Waals surface area contributed by atoms with E-state index >= 15 is 0 Å². The van der Waals surface area contributed by atoms with Crippen LogP contribution in [0.1, 0.15) is 26.4 Å². The Morgan fingerprint density at radius 1 is 1.20 bits per heavy atom. The second-order valence-corrected chi connectivity index (χ2v) is 4.10. The highest BCUT2D eigenvalue weighted by molar-refractivity contribution is 6.07. The summed E-state index contributed by atoms with van der Waals surface area (Å²) >= 11 is 0. The number of halogens is 1. The lowest BCUT2D eigenvalue weighted by Crippen LogP contribution is -2.17. The van der Waals surface area contributed by atoms with Crippen molar-refractivity contribution in [3.05, 3.63) is 59.2 Å². The highest BCUT2D eigenvalue weighted by Crippen LogP contribution is 2.20. The number of benzene rings is 1. The number of carboxylic acid groups (broad SMARTS) is 1. The van der Waals surface area contributed by atoms with Crippen LogP contribution in [0.3, 0.4) is 0 Å². The van der Waals surface area contributed by atoms with Gasteiger partial charge >= 0.3 is 5.97 Å². The summed E-state index contributed by atoms with van der Waals surface area (Å²) < 4.78 is 13.0. The van der Waals surface area contributed by atoms with Gasteiger partial charge < -0.3 is 10.4 Å². The molecule has 2 aromatic rings. The fraction of sp³-hybridized carbons (Fsp3) is 0.0714. The van der Waals surface area contributed by atoms with Gasteiger partial charge in [0, 0.05) is 0 Å². The van der Waals surface area contributed by atoms with E-state index in [2.05, 4.69) is 10.3 Å². The lowest BCUT2D eigenvalue weighted by atomic mass is 10.1. The second kappa shape index (κ2) is 5.48. The number of aryl methyl sites for hydroxylation is 1. The second-order valence-electron chi connectivity index (χ2n) is 4.10. The summed E-state index contributed by atoms with van der Waals surface area (Å²) in [6, 6.07) is 8.52. The van der Waals surface area contributed by atoms with Gasteiger partial charge in [-0.05, 0) is 30.7 Å². The van der Waals surface area contributed by atoms with Crippen molar-refractivity contribution in [1.29, 1.82) is 0 Å². The van der Waals surface area contributed by atoms with E-state index in [-0.39, 0.29) is 16.9 Å². The number of hydrogen-bond acceptors (Lipinski definition) is 3. The normalized spacial score (nSPS) is 10.1. The molecule has 0 unspecified atom stereocenters. The minimum absolute atomic E-state index is 0.00254. The number of aromatic carboxylic acids is 1. The van der Waals surface area contributed by atoms with Crippen LogP contribution >= 0.6 is 0 Å². The predicted octanol–water partition coefficient (Wildman–Crippen LogP) is 2.48. The number of nitrogens with zero attached hydrogens (tertiary/aromatic N) is 1. The first-order valence-corrected chi connectivity index (χ1v) is 5.76. The quantitative estimate of drug-likeness (QED) is 0.843. The number of amides is 1. The highest BCUT2D eigenvalue weighted by Gasteiger charge is 2.16. The fourth-order valence-corrected chi connectivity index (χ4v) is 1.78. The molecule has 0 radical (unpaired) electrons. The Kier molecular flexibility index (Phi) is 3.74. The van der Waals surface area contributed by atoms with Crippen molar-refractivity contribution in [2.24, 2.45) is 0 Å². The molecule has 0 saturated heterocycles. The number of hydrogen-bond donors (Lipinski definition) is 2. The number of rotatable bonds is 3. The number of carbonyl (C=O) groups excluding carboxylic acids is 1. The van der Waals surface area contributed by atoms with Crippen molar-refractivity contribution in [3.63, 3.8) is 0 Å². The Balaban J connectivity index is 2.33. The van der Waals surface area contributed by atoms with Gasteiger partial charge in [-0.2, -0.15) is 4.39 Å². The van der Waals surface area contributed by atoms with Gasteiger partial charge in [-0.1, -0.05) is 18.2 Å². The summed E-state index contributed by atoms with van der Waals surface area (Å²) in [5, 5.41) is 11.6. The predicted molar refractivity (Wildman–Crippen MR) is 70.3 cm³/mol. The third-order valence-corrected chi connectivity index (χ3v) is 2.68. The van der Waals surface area contributed by atoms with Gasteiger partial charge in [-0.15, -0.1) is 0 Å². The minimum Gasteiger partial charge on any atom is -0.478 e. The molecule has 0 aliphatic rings. The molecular weight excluding hydrogens is 263 g/mol. The fourth-order valence-electron chi connectivity index (χ4n) is 1.78. The average Bonchev–Trinajstić information content (AvgIpc) is 2.38. The number of nitrogens with one attached hydrogen (secondary N) is 1. The molecule has 1 aromatic carbocycles. The smallest absolute Gasteiger partial charge is 0.338 e. The van der Waals surface area contributed by atoms with Crippen molar-refractivity contribution < 1.29 is 19.1 Å². The molecule has 2 rings (SSSR count). The molecule has 0 spiro atoms. The number of aromatic nitrogens is 1. The van der Waals surface area contributed by atoms with Crippen molar-refractivity contribution in [1.82, 2.24) is 4.98 Å². The topological polar surface area (TPSA) is 79.3 Å². The first-order chi connectivity index (χ1) is 9.49. The Bertz CT molecular complexity index is 686. The van der Waals surface area contributed by atoms with E-state index in [9.17, 15) is 14.0 Å². The minimum atomic E-state index is -1.15. The summed E-state index contributed by atoms with van der Waals surface area (Å²) in [6.45, 7) is 1.62. The lowest BCUT2D eigenvalue weighted by Gasteiger charge is -2.10. The Hall–Kier alpha value is -2.76. The van der Waals surface area contributed by atoms with Gasteiger partial charge in [0.1, 0.15) is 5.69 Å². The molecule has 102 valence electrons. The van der Waals surface area contributed by atoms with E-state index in [4.69, 9.17) is 5.11 Å². The van der Waals surface area contributed by atoms with Crippen LogP contribution in [0, 0.1) is 12.9 Å². The maximum Gasteiger partial charge on any atom is 0.338 e. The van der Waals surface area contributed by atoms with Gasteiger partial charge in [0.25, 0.3) is 5.91 Å². The molecule has 0 bridgehead atoms. The van der Waals surface area contributed by atoms with Crippen molar-refractivity contribution in [2.75, 3.05) is 5.32 Å². The molecular formula is C14H11FN2O3. The van der Waals surface area contributed by atoms with Crippen LogP contribution in [-0.2, 0) is 0 Å². The Morgan fingerprint density at radius 3 is 2.55 bits per heavy atom. The van der Waals surface area contributed by atoms with Crippen LogP contribution < -0.4 is 5.32 Å². The lowest BCUT2D eigenvalue weighted by molar-refractivity contribution is 0.0697. The van der Waals surface area contributed by atoms with Crippen LogP contribution in [0.25, 0.3) is 0 Å². The SMILES string of the molecule is Cc1cccc(NC(=O)c2cccc(F)n2)c1C(=O)O. The number of carboxylic acids is 1. The van der Waals surface area contributed by atoms with Gasteiger partial charge in [-0.3, -0.25) is 4.79 Å². The van der Waals surface area contributed by atoms with Crippen LogP contribution in [0.15, 0.2) is 36.4 Å². The molecule has 0 fully saturated rings. The van der Waals surface area contributed by atoms with E-state index in [0.717, 1.165) is 6.07 Å². The van der Waals surface area contributed by atoms with Crippen LogP contribution in [0.4, 0.5) is 10.1 Å². The molecule has 0 atom stereocenters. The monoisotopic (exact) mass is 274 g/mol. The summed E-state index contributed by atoms with van der Waals surface area (Å²) in [4.78, 5) is 26.5. The first-order valence-electron chi connectivity index (χ1n) is 5.76. The number of pyridine rings is 1. The van der Waals surface area contributed by atoms with Gasteiger partial charge in [0.2, 0.25) is 5.95 Å². The Labute approximate surface area is 114 Å². The van der Waals surface area contributed by atoms with Crippen molar-refractivity contribution in [3.8, 4) is 0 Å². The first kappa shape index (κ1) is 13.7. The standard InChI is InChI=1S/C14H11FN2O3/c1-8-4-2-5-9(12(8)14(19)20)17-13(18)10-6-3-7-11(15)16-10/h2-7H,1H3,(H,17,18)(H,19,20). The molecule has 2 N–H and O–H groups in total. The van der Waals surface area contributed by atoms with Crippen molar-refractivity contribution >= 4 is 17.6 Å². The number of anilines is 1. The van der Waals surface area contributed by atoms with Crippen LogP contribution in [-0.4, -0.2) is 22.0 Å². The van der Waals surface area contributed by atoms with E-state index in [0.29, 0.717) is 5.56 Å². The van der Waals surface area contributed by atoms with Gasteiger partial charge in [-0.25, -0.2) is 9.78 Å². The largest absolute Gasteiger partial charge is 0.478 e. The molecule has 20 heavy (non-hydrogen) atoms. The molecule has 1 aromatic heterocycles. The Morgan fingerprint density at radius 2 is 1.90 bits per heavy atom. The van der Waals surface area contributed by atoms with E-state index < -0.39 is 17.8 Å². The van der Waals surface area contributed by atoms with Crippen LogP contribution in [0.2, 0.25) is 0 Å².